The van der Waals surface area contributed by atoms with Gasteiger partial charge in [0.25, 0.3) is 0 Å². The second kappa shape index (κ2) is 6.12. The Balaban J connectivity index is 1.49. The molecule has 4 heterocycles. The van der Waals surface area contributed by atoms with Gasteiger partial charge in [-0.2, -0.15) is 0 Å². The number of hydrogen-bond donors (Lipinski definition) is 1. The fourth-order valence-electron chi connectivity index (χ4n) is 3.94. The van der Waals surface area contributed by atoms with E-state index in [0.717, 1.165) is 28.5 Å². The molecule has 7 nitrogen and oxygen atoms in total. The minimum Gasteiger partial charge on any atom is -0.497 e. The third-order valence-electron chi connectivity index (χ3n) is 5.24. The summed E-state index contributed by atoms with van der Waals surface area (Å²) in [7, 11) is 1.65. The molecule has 2 aromatic rings. The maximum atomic E-state index is 9.97. The highest BCUT2D eigenvalue weighted by Crippen LogP contribution is 2.37. The van der Waals surface area contributed by atoms with E-state index in [0.29, 0.717) is 19.8 Å². The largest absolute Gasteiger partial charge is 0.497 e. The van der Waals surface area contributed by atoms with E-state index in [1.807, 2.05) is 24.4 Å². The van der Waals surface area contributed by atoms with E-state index in [1.54, 1.807) is 13.3 Å². The molecule has 2 saturated heterocycles. The SMILES string of the molecule is COc1ccc2c(c1)C=C(c1nccn1[C@H]1CO[C@H]3[C@@H]1OC[C@H]3O)CO2. The zero-order chi connectivity index (χ0) is 17.7. The molecule has 1 aromatic carbocycles. The van der Waals surface area contributed by atoms with E-state index in [9.17, 15) is 5.11 Å². The van der Waals surface area contributed by atoms with E-state index in [1.165, 1.54) is 0 Å². The van der Waals surface area contributed by atoms with Gasteiger partial charge in [-0.15, -0.1) is 0 Å². The fraction of sp³-hybridized carbons (Fsp3) is 0.421. The van der Waals surface area contributed by atoms with Crippen LogP contribution in [0.25, 0.3) is 11.6 Å². The standard InChI is InChI=1S/C19H20N2O5/c1-23-13-2-3-16-11(7-13)6-12(8-24-16)19-20-4-5-21(19)14-9-25-18-15(22)10-26-17(14)18/h2-7,14-15,17-18,22H,8-10H2,1H3/t14-,15+,17+,18+/m0/s1. The van der Waals surface area contributed by atoms with Crippen LogP contribution in [0, 0.1) is 0 Å². The van der Waals surface area contributed by atoms with Gasteiger partial charge in [0.15, 0.2) is 0 Å². The van der Waals surface area contributed by atoms with Gasteiger partial charge in [0.05, 0.1) is 26.4 Å². The smallest absolute Gasteiger partial charge is 0.139 e. The number of fused-ring (bicyclic) bond motifs is 2. The van der Waals surface area contributed by atoms with E-state index in [-0.39, 0.29) is 18.2 Å². The fourth-order valence-corrected chi connectivity index (χ4v) is 3.94. The van der Waals surface area contributed by atoms with Crippen LogP contribution in [0.3, 0.4) is 0 Å². The predicted molar refractivity (Wildman–Crippen MR) is 93.1 cm³/mol. The highest BCUT2D eigenvalue weighted by Gasteiger charge is 2.48. The number of hydrogen-bond acceptors (Lipinski definition) is 6. The van der Waals surface area contributed by atoms with Crippen molar-refractivity contribution in [3.8, 4) is 11.5 Å². The van der Waals surface area contributed by atoms with Gasteiger partial charge in [0, 0.05) is 23.5 Å². The van der Waals surface area contributed by atoms with Crippen molar-refractivity contribution >= 4 is 11.6 Å². The molecular weight excluding hydrogens is 336 g/mol. The first-order chi connectivity index (χ1) is 12.7. The molecule has 3 aliphatic rings. The molecule has 7 heteroatoms. The molecule has 4 atom stereocenters. The Labute approximate surface area is 150 Å². The lowest BCUT2D eigenvalue weighted by Crippen LogP contribution is -2.30. The molecule has 0 bridgehead atoms. The number of rotatable bonds is 3. The molecule has 2 fully saturated rings. The predicted octanol–water partition coefficient (Wildman–Crippen LogP) is 1.52. The summed E-state index contributed by atoms with van der Waals surface area (Å²) in [5, 5.41) is 9.97. The van der Waals surface area contributed by atoms with Gasteiger partial charge in [-0.1, -0.05) is 0 Å². The highest BCUT2D eigenvalue weighted by molar-refractivity contribution is 5.83. The Morgan fingerprint density at radius 3 is 3.00 bits per heavy atom. The Bertz CT molecular complexity index is 861. The van der Waals surface area contributed by atoms with E-state index < -0.39 is 6.10 Å². The number of imidazole rings is 1. The van der Waals surface area contributed by atoms with Gasteiger partial charge < -0.3 is 28.6 Å². The number of nitrogens with zero attached hydrogens (tertiary/aromatic N) is 2. The molecule has 3 aliphatic heterocycles. The quantitative estimate of drug-likeness (QED) is 0.899. The lowest BCUT2D eigenvalue weighted by atomic mass is 10.0. The maximum Gasteiger partial charge on any atom is 0.139 e. The number of methoxy groups -OCH3 is 1. The summed E-state index contributed by atoms with van der Waals surface area (Å²) in [4.78, 5) is 4.54. The number of ether oxygens (including phenoxy) is 4. The van der Waals surface area contributed by atoms with Crippen LogP contribution >= 0.6 is 0 Å². The first kappa shape index (κ1) is 15.9. The molecule has 5 rings (SSSR count). The summed E-state index contributed by atoms with van der Waals surface area (Å²) in [5.41, 5.74) is 1.95. The molecule has 0 radical (unpaired) electrons. The first-order valence-electron chi connectivity index (χ1n) is 8.70. The van der Waals surface area contributed by atoms with E-state index in [4.69, 9.17) is 18.9 Å². The summed E-state index contributed by atoms with van der Waals surface area (Å²) in [6, 6.07) is 5.74. The topological polar surface area (TPSA) is 75.0 Å². The Hall–Kier alpha value is -2.35. The summed E-state index contributed by atoms with van der Waals surface area (Å²) >= 11 is 0. The molecule has 136 valence electrons. The number of aliphatic hydroxyl groups excluding tert-OH is 1. The Morgan fingerprint density at radius 2 is 2.12 bits per heavy atom. The Morgan fingerprint density at radius 1 is 1.23 bits per heavy atom. The Kier molecular flexibility index (Phi) is 3.74. The second-order valence-electron chi connectivity index (χ2n) is 6.75. The molecule has 0 spiro atoms. The molecular formula is C19H20N2O5. The number of benzene rings is 1. The summed E-state index contributed by atoms with van der Waals surface area (Å²) in [5.74, 6) is 2.45. The van der Waals surface area contributed by atoms with Crippen molar-refractivity contribution in [2.45, 2.75) is 24.4 Å². The van der Waals surface area contributed by atoms with Crippen LogP contribution in [0.1, 0.15) is 17.4 Å². The molecule has 0 aliphatic carbocycles. The molecule has 0 amide bonds. The van der Waals surface area contributed by atoms with Crippen LogP contribution in [-0.2, 0) is 9.47 Å². The van der Waals surface area contributed by atoms with Crippen molar-refractivity contribution in [2.75, 3.05) is 26.9 Å². The van der Waals surface area contributed by atoms with Crippen LogP contribution < -0.4 is 9.47 Å². The molecule has 1 N–H and O–H groups in total. The van der Waals surface area contributed by atoms with Crippen molar-refractivity contribution in [1.82, 2.24) is 9.55 Å². The van der Waals surface area contributed by atoms with Crippen LogP contribution in [-0.4, -0.2) is 59.9 Å². The van der Waals surface area contributed by atoms with Crippen molar-refractivity contribution in [3.05, 3.63) is 42.0 Å². The van der Waals surface area contributed by atoms with Crippen molar-refractivity contribution in [2.24, 2.45) is 0 Å². The van der Waals surface area contributed by atoms with Gasteiger partial charge in [-0.3, -0.25) is 0 Å². The summed E-state index contributed by atoms with van der Waals surface area (Å²) in [6.07, 6.45) is 4.80. The monoisotopic (exact) mass is 356 g/mol. The van der Waals surface area contributed by atoms with E-state index in [2.05, 4.69) is 15.6 Å². The number of aromatic nitrogens is 2. The third kappa shape index (κ3) is 2.43. The zero-order valence-electron chi connectivity index (χ0n) is 14.4. The van der Waals surface area contributed by atoms with Gasteiger partial charge in [0.2, 0.25) is 0 Å². The van der Waals surface area contributed by atoms with Crippen LogP contribution in [0.5, 0.6) is 11.5 Å². The van der Waals surface area contributed by atoms with Gasteiger partial charge in [-0.05, 0) is 24.3 Å². The molecule has 0 unspecified atom stereocenters. The van der Waals surface area contributed by atoms with Gasteiger partial charge >= 0.3 is 0 Å². The molecule has 0 saturated carbocycles. The highest BCUT2D eigenvalue weighted by atomic mass is 16.6. The molecule has 1 aromatic heterocycles. The van der Waals surface area contributed by atoms with Gasteiger partial charge in [-0.25, -0.2) is 4.98 Å². The number of aliphatic hydroxyl groups is 1. The van der Waals surface area contributed by atoms with Crippen LogP contribution in [0.15, 0.2) is 30.6 Å². The van der Waals surface area contributed by atoms with Crippen molar-refractivity contribution in [3.63, 3.8) is 0 Å². The normalized spacial score (nSPS) is 29.7. The lowest BCUT2D eigenvalue weighted by Gasteiger charge is -2.23. The van der Waals surface area contributed by atoms with Crippen molar-refractivity contribution < 1.29 is 24.1 Å². The average molecular weight is 356 g/mol. The van der Waals surface area contributed by atoms with Crippen molar-refractivity contribution in [1.29, 1.82) is 0 Å². The average Bonchev–Trinajstić information content (AvgIpc) is 3.38. The molecule has 26 heavy (non-hydrogen) atoms. The van der Waals surface area contributed by atoms with E-state index >= 15 is 0 Å². The minimum absolute atomic E-state index is 0.0118. The third-order valence-corrected chi connectivity index (χ3v) is 5.24. The summed E-state index contributed by atoms with van der Waals surface area (Å²) in [6.45, 7) is 1.25. The summed E-state index contributed by atoms with van der Waals surface area (Å²) < 4.78 is 24.8. The lowest BCUT2D eigenvalue weighted by molar-refractivity contribution is 0.0172. The zero-order valence-corrected chi connectivity index (χ0v) is 14.4. The van der Waals surface area contributed by atoms with Crippen LogP contribution in [0.4, 0.5) is 0 Å². The first-order valence-corrected chi connectivity index (χ1v) is 8.70. The van der Waals surface area contributed by atoms with Crippen LogP contribution in [0.2, 0.25) is 0 Å². The maximum absolute atomic E-state index is 9.97. The minimum atomic E-state index is -0.562. The van der Waals surface area contributed by atoms with Gasteiger partial charge in [0.1, 0.15) is 42.2 Å². The second-order valence-corrected chi connectivity index (χ2v) is 6.75.